The topological polar surface area (TPSA) is 97.1 Å². The zero-order valence-corrected chi connectivity index (χ0v) is 20.6. The minimum Gasteiger partial charge on any atom is -0.490 e. The number of rotatable bonds is 10. The molecule has 3 rings (SSSR count). The van der Waals surface area contributed by atoms with Gasteiger partial charge in [-0.25, -0.2) is 0 Å². The maximum atomic E-state index is 12.5. The van der Waals surface area contributed by atoms with Crippen LogP contribution in [0, 0.1) is 31.1 Å². The molecule has 0 aliphatic carbocycles. The Hall–Kier alpha value is -3.70. The van der Waals surface area contributed by atoms with Crippen LogP contribution in [0.15, 0.2) is 48.0 Å². The van der Waals surface area contributed by atoms with Gasteiger partial charge in [0.05, 0.1) is 0 Å². The van der Waals surface area contributed by atoms with Crippen molar-refractivity contribution in [2.75, 3.05) is 18.5 Å². The third-order valence-electron chi connectivity index (χ3n) is 4.78. The number of hydrogen-bond donors (Lipinski definition) is 1. The SMILES string of the molecule is Cc1ccc(C)c(OCCOc2ccc(C=C(C#N)C(=O)Nc3nnc(CC(C)C)s3)cc2)c1. The van der Waals surface area contributed by atoms with E-state index in [1.807, 2.05) is 32.0 Å². The summed E-state index contributed by atoms with van der Waals surface area (Å²) in [4.78, 5) is 12.5. The molecule has 176 valence electrons. The number of amides is 1. The van der Waals surface area contributed by atoms with Crippen molar-refractivity contribution in [3.8, 4) is 17.6 Å². The lowest BCUT2D eigenvalue weighted by Crippen LogP contribution is -2.13. The van der Waals surface area contributed by atoms with Crippen molar-refractivity contribution in [3.05, 3.63) is 69.7 Å². The fourth-order valence-corrected chi connectivity index (χ4v) is 4.00. The molecule has 1 heterocycles. The van der Waals surface area contributed by atoms with Crippen LogP contribution < -0.4 is 14.8 Å². The van der Waals surface area contributed by atoms with Crippen molar-refractivity contribution in [1.82, 2.24) is 10.2 Å². The highest BCUT2D eigenvalue weighted by Crippen LogP contribution is 2.21. The van der Waals surface area contributed by atoms with E-state index in [0.717, 1.165) is 28.3 Å². The first-order valence-electron chi connectivity index (χ1n) is 11.0. The molecule has 0 saturated carbocycles. The summed E-state index contributed by atoms with van der Waals surface area (Å²) in [6, 6.07) is 15.2. The number of carbonyl (C=O) groups excluding carboxylic acids is 1. The highest BCUT2D eigenvalue weighted by atomic mass is 32.1. The Kier molecular flexibility index (Phi) is 8.77. The lowest BCUT2D eigenvalue weighted by atomic mass is 10.1. The second-order valence-corrected chi connectivity index (χ2v) is 9.32. The summed E-state index contributed by atoms with van der Waals surface area (Å²) in [5.74, 6) is 1.47. The molecule has 2 aromatic carbocycles. The van der Waals surface area contributed by atoms with Crippen molar-refractivity contribution < 1.29 is 14.3 Å². The van der Waals surface area contributed by atoms with Gasteiger partial charge in [-0.05, 0) is 60.7 Å². The standard InChI is InChI=1S/C26H28N4O3S/c1-17(2)13-24-29-30-26(34-24)28-25(31)21(16-27)15-20-7-9-22(10-8-20)32-11-12-33-23-14-18(3)5-6-19(23)4/h5-10,14-15,17H,11-13H2,1-4H3,(H,28,30,31). The van der Waals surface area contributed by atoms with Gasteiger partial charge in [-0.15, -0.1) is 10.2 Å². The predicted molar refractivity (Wildman–Crippen MR) is 134 cm³/mol. The predicted octanol–water partition coefficient (Wildman–Crippen LogP) is 5.36. The molecule has 0 fully saturated rings. The molecule has 0 aliphatic heterocycles. The molecule has 0 spiro atoms. The quantitative estimate of drug-likeness (QED) is 0.240. The van der Waals surface area contributed by atoms with E-state index in [2.05, 4.69) is 35.4 Å². The highest BCUT2D eigenvalue weighted by molar-refractivity contribution is 7.15. The summed E-state index contributed by atoms with van der Waals surface area (Å²) in [7, 11) is 0. The Morgan fingerprint density at radius 2 is 1.85 bits per heavy atom. The van der Waals surface area contributed by atoms with Gasteiger partial charge in [0, 0.05) is 6.42 Å². The Bertz CT molecular complexity index is 1190. The maximum absolute atomic E-state index is 12.5. The lowest BCUT2D eigenvalue weighted by Gasteiger charge is -2.11. The zero-order valence-electron chi connectivity index (χ0n) is 19.8. The molecular formula is C26H28N4O3S. The minimum absolute atomic E-state index is 0.0174. The fraction of sp³-hybridized carbons (Fsp3) is 0.308. The largest absolute Gasteiger partial charge is 0.490 e. The number of benzene rings is 2. The highest BCUT2D eigenvalue weighted by Gasteiger charge is 2.13. The van der Waals surface area contributed by atoms with Gasteiger partial charge in [-0.2, -0.15) is 5.26 Å². The van der Waals surface area contributed by atoms with E-state index in [4.69, 9.17) is 9.47 Å². The molecule has 1 aromatic heterocycles. The van der Waals surface area contributed by atoms with Gasteiger partial charge in [0.1, 0.15) is 41.4 Å². The summed E-state index contributed by atoms with van der Waals surface area (Å²) < 4.78 is 11.5. The van der Waals surface area contributed by atoms with Crippen LogP contribution in [0.1, 0.15) is 35.5 Å². The number of nitrogens with zero attached hydrogens (tertiary/aromatic N) is 3. The Labute approximate surface area is 204 Å². The molecule has 0 bridgehead atoms. The summed E-state index contributed by atoms with van der Waals surface area (Å²) in [6.07, 6.45) is 2.32. The van der Waals surface area contributed by atoms with Crippen molar-refractivity contribution in [2.24, 2.45) is 5.92 Å². The maximum Gasteiger partial charge on any atom is 0.268 e. The fourth-order valence-electron chi connectivity index (χ4n) is 3.05. The molecule has 1 N–H and O–H groups in total. The Morgan fingerprint density at radius 3 is 2.56 bits per heavy atom. The summed E-state index contributed by atoms with van der Waals surface area (Å²) >= 11 is 1.32. The van der Waals surface area contributed by atoms with Gasteiger partial charge in [0.25, 0.3) is 5.91 Å². The number of ether oxygens (including phenoxy) is 2. The van der Waals surface area contributed by atoms with Crippen LogP contribution in [0.4, 0.5) is 5.13 Å². The van der Waals surface area contributed by atoms with Crippen LogP contribution in [0.5, 0.6) is 11.5 Å². The molecule has 0 radical (unpaired) electrons. The average molecular weight is 477 g/mol. The van der Waals surface area contributed by atoms with E-state index < -0.39 is 5.91 Å². The van der Waals surface area contributed by atoms with Crippen LogP contribution >= 0.6 is 11.3 Å². The second-order valence-electron chi connectivity index (χ2n) is 8.26. The second kappa shape index (κ2) is 12.0. The van der Waals surface area contributed by atoms with Crippen LogP contribution in [-0.4, -0.2) is 29.3 Å². The van der Waals surface area contributed by atoms with Crippen LogP contribution in [0.3, 0.4) is 0 Å². The third kappa shape index (κ3) is 7.42. The summed E-state index contributed by atoms with van der Waals surface area (Å²) in [6.45, 7) is 9.04. The number of nitrogens with one attached hydrogen (secondary N) is 1. The number of nitriles is 1. The van der Waals surface area contributed by atoms with E-state index in [1.54, 1.807) is 24.3 Å². The lowest BCUT2D eigenvalue weighted by molar-refractivity contribution is -0.112. The van der Waals surface area contributed by atoms with Gasteiger partial charge in [0.15, 0.2) is 0 Å². The first-order valence-corrected chi connectivity index (χ1v) is 11.8. The molecule has 8 heteroatoms. The smallest absolute Gasteiger partial charge is 0.268 e. The van der Waals surface area contributed by atoms with Crippen LogP contribution in [-0.2, 0) is 11.2 Å². The Balaban J connectivity index is 1.52. The number of anilines is 1. The zero-order chi connectivity index (χ0) is 24.5. The van der Waals surface area contributed by atoms with Gasteiger partial charge in [-0.3, -0.25) is 10.1 Å². The number of aromatic nitrogens is 2. The van der Waals surface area contributed by atoms with E-state index in [-0.39, 0.29) is 5.57 Å². The van der Waals surface area contributed by atoms with Crippen molar-refractivity contribution in [2.45, 2.75) is 34.1 Å². The number of hydrogen-bond acceptors (Lipinski definition) is 7. The summed E-state index contributed by atoms with van der Waals surface area (Å²) in [5, 5.41) is 21.4. The normalized spacial score (nSPS) is 11.2. The van der Waals surface area contributed by atoms with Crippen molar-refractivity contribution in [1.29, 1.82) is 5.26 Å². The van der Waals surface area contributed by atoms with Crippen LogP contribution in [0.25, 0.3) is 6.08 Å². The molecule has 0 aliphatic rings. The van der Waals surface area contributed by atoms with Gasteiger partial charge in [-0.1, -0.05) is 49.4 Å². The molecule has 7 nitrogen and oxygen atoms in total. The molecular weight excluding hydrogens is 448 g/mol. The van der Waals surface area contributed by atoms with Crippen LogP contribution in [0.2, 0.25) is 0 Å². The van der Waals surface area contributed by atoms with Gasteiger partial charge >= 0.3 is 0 Å². The number of carbonyl (C=O) groups is 1. The first kappa shape index (κ1) is 24.9. The molecule has 3 aromatic rings. The average Bonchev–Trinajstić information content (AvgIpc) is 3.23. The van der Waals surface area contributed by atoms with Gasteiger partial charge in [0.2, 0.25) is 5.13 Å². The van der Waals surface area contributed by atoms with Crippen molar-refractivity contribution in [3.63, 3.8) is 0 Å². The molecule has 0 atom stereocenters. The molecule has 1 amide bonds. The van der Waals surface area contributed by atoms with E-state index in [0.29, 0.717) is 35.6 Å². The Morgan fingerprint density at radius 1 is 1.12 bits per heavy atom. The number of aryl methyl sites for hydroxylation is 2. The first-order chi connectivity index (χ1) is 16.3. The minimum atomic E-state index is -0.515. The molecule has 0 saturated heterocycles. The van der Waals surface area contributed by atoms with E-state index in [9.17, 15) is 10.1 Å². The molecule has 34 heavy (non-hydrogen) atoms. The summed E-state index contributed by atoms with van der Waals surface area (Å²) in [5.41, 5.74) is 2.93. The van der Waals surface area contributed by atoms with Crippen molar-refractivity contribution >= 4 is 28.5 Å². The van der Waals surface area contributed by atoms with Gasteiger partial charge < -0.3 is 9.47 Å². The molecule has 0 unspecified atom stereocenters. The van der Waals surface area contributed by atoms with E-state index >= 15 is 0 Å². The monoisotopic (exact) mass is 476 g/mol. The third-order valence-corrected chi connectivity index (χ3v) is 5.64. The van der Waals surface area contributed by atoms with E-state index in [1.165, 1.54) is 17.4 Å².